The minimum Gasteiger partial charge on any atom is -0.372 e. The first kappa shape index (κ1) is 26.7. The van der Waals surface area contributed by atoms with Crippen molar-refractivity contribution in [3.63, 3.8) is 0 Å². The van der Waals surface area contributed by atoms with E-state index in [2.05, 4.69) is 15.5 Å². The largest absolute Gasteiger partial charge is 0.416 e. The number of carbonyl (C=O) groups excluding carboxylic acids is 1. The van der Waals surface area contributed by atoms with Gasteiger partial charge in [-0.05, 0) is 76.4 Å². The van der Waals surface area contributed by atoms with Gasteiger partial charge in [0.2, 0.25) is 5.91 Å². The summed E-state index contributed by atoms with van der Waals surface area (Å²) < 4.78 is 84.5. The molecule has 2 aliphatic heterocycles. The molecule has 2 fully saturated rings. The Labute approximate surface area is 195 Å². The number of halogens is 6. The average Bonchev–Trinajstić information content (AvgIpc) is 3.25. The molecule has 1 aromatic rings. The average molecular weight is 496 g/mol. The molecule has 0 unspecified atom stereocenters. The van der Waals surface area contributed by atoms with E-state index >= 15 is 0 Å². The first-order chi connectivity index (χ1) is 15.7. The van der Waals surface area contributed by atoms with Crippen molar-refractivity contribution in [1.29, 1.82) is 0 Å². The molecule has 2 saturated heterocycles. The lowest BCUT2D eigenvalue weighted by Crippen LogP contribution is -2.58. The molecular weight excluding hydrogens is 464 g/mol. The summed E-state index contributed by atoms with van der Waals surface area (Å²) in [5, 5.41) is 6.33. The highest BCUT2D eigenvalue weighted by molar-refractivity contribution is 5.78. The lowest BCUT2D eigenvalue weighted by molar-refractivity contribution is -0.143. The molecular formula is C23H31F6N3O2. The van der Waals surface area contributed by atoms with Crippen molar-refractivity contribution < 1.29 is 35.9 Å². The molecule has 1 amide bonds. The molecule has 11 heteroatoms. The Balaban J connectivity index is 1.54. The molecule has 5 nitrogen and oxygen atoms in total. The summed E-state index contributed by atoms with van der Waals surface area (Å²) in [7, 11) is 0. The first-order valence-electron chi connectivity index (χ1n) is 11.4. The van der Waals surface area contributed by atoms with Crippen LogP contribution in [0.3, 0.4) is 0 Å². The Hall–Kier alpha value is -1.85. The number of nitrogens with zero attached hydrogens (tertiary/aromatic N) is 1. The van der Waals surface area contributed by atoms with Crippen LogP contribution in [0.1, 0.15) is 62.3 Å². The fourth-order valence-electron chi connectivity index (χ4n) is 4.34. The van der Waals surface area contributed by atoms with Crippen LogP contribution in [0.2, 0.25) is 0 Å². The van der Waals surface area contributed by atoms with Gasteiger partial charge in [0.25, 0.3) is 0 Å². The van der Waals surface area contributed by atoms with Gasteiger partial charge in [-0.25, -0.2) is 0 Å². The molecule has 3 rings (SSSR count). The Bertz CT molecular complexity index is 812. The maximum Gasteiger partial charge on any atom is 0.416 e. The van der Waals surface area contributed by atoms with Crippen LogP contribution in [0.5, 0.6) is 0 Å². The summed E-state index contributed by atoms with van der Waals surface area (Å²) in [6.45, 7) is 6.16. The second-order valence-corrected chi connectivity index (χ2v) is 9.52. The SMILES string of the molecule is C[C@@H](OC[C@@]1(C)CC[C@H](NC(=O)CN2CCCC2)CN1)c1cc(C(F)(F)F)cc(C(F)(F)F)c1. The van der Waals surface area contributed by atoms with Crippen LogP contribution in [-0.2, 0) is 21.9 Å². The lowest BCUT2D eigenvalue weighted by Gasteiger charge is -2.39. The number of alkyl halides is 6. The van der Waals surface area contributed by atoms with Gasteiger partial charge in [-0.2, -0.15) is 26.3 Å². The quantitative estimate of drug-likeness (QED) is 0.546. The molecule has 3 atom stereocenters. The summed E-state index contributed by atoms with van der Waals surface area (Å²) in [6.07, 6.45) is -7.25. The van der Waals surface area contributed by atoms with Crippen LogP contribution < -0.4 is 10.6 Å². The molecule has 2 heterocycles. The van der Waals surface area contributed by atoms with Crippen molar-refractivity contribution in [1.82, 2.24) is 15.5 Å². The van der Waals surface area contributed by atoms with Crippen LogP contribution in [0.25, 0.3) is 0 Å². The van der Waals surface area contributed by atoms with Crippen molar-refractivity contribution in [3.8, 4) is 0 Å². The monoisotopic (exact) mass is 495 g/mol. The van der Waals surface area contributed by atoms with Crippen molar-refractivity contribution in [2.75, 3.05) is 32.8 Å². The summed E-state index contributed by atoms with van der Waals surface area (Å²) in [5.41, 5.74) is -3.42. The number of hydrogen-bond acceptors (Lipinski definition) is 4. The second-order valence-electron chi connectivity index (χ2n) is 9.52. The van der Waals surface area contributed by atoms with E-state index in [9.17, 15) is 31.1 Å². The topological polar surface area (TPSA) is 53.6 Å². The third-order valence-corrected chi connectivity index (χ3v) is 6.48. The molecule has 0 saturated carbocycles. The molecule has 192 valence electrons. The minimum atomic E-state index is -4.90. The van der Waals surface area contributed by atoms with Crippen LogP contribution in [0.4, 0.5) is 26.3 Å². The normalized spacial score (nSPS) is 25.4. The van der Waals surface area contributed by atoms with Gasteiger partial charge in [0.1, 0.15) is 0 Å². The Morgan fingerprint density at radius 1 is 1.15 bits per heavy atom. The third-order valence-electron chi connectivity index (χ3n) is 6.48. The molecule has 34 heavy (non-hydrogen) atoms. The van der Waals surface area contributed by atoms with E-state index in [1.165, 1.54) is 6.92 Å². The fourth-order valence-corrected chi connectivity index (χ4v) is 4.34. The first-order valence-corrected chi connectivity index (χ1v) is 11.4. The van der Waals surface area contributed by atoms with Gasteiger partial charge in [-0.3, -0.25) is 9.69 Å². The molecule has 0 bridgehead atoms. The lowest BCUT2D eigenvalue weighted by atomic mass is 9.89. The van der Waals surface area contributed by atoms with Gasteiger partial charge in [-0.15, -0.1) is 0 Å². The maximum atomic E-state index is 13.1. The molecule has 2 N–H and O–H groups in total. The number of rotatable bonds is 7. The summed E-state index contributed by atoms with van der Waals surface area (Å²) in [5.74, 6) is -0.0211. The van der Waals surface area contributed by atoms with Crippen molar-refractivity contribution >= 4 is 5.91 Å². The molecule has 0 spiro atoms. The standard InChI is InChI=1S/C23H31F6N3O2/c1-15(16-9-17(22(24,25)26)11-18(10-16)23(27,28)29)34-14-21(2)6-5-19(12-30-21)31-20(33)13-32-7-3-4-8-32/h9-11,15,19,30H,3-8,12-14H2,1-2H3,(H,31,33)/t15-,19+,21-/m1/s1. The fraction of sp³-hybridized carbons (Fsp3) is 0.696. The van der Waals surface area contributed by atoms with E-state index in [0.717, 1.165) is 25.9 Å². The predicted molar refractivity (Wildman–Crippen MR) is 114 cm³/mol. The molecule has 0 aromatic heterocycles. The maximum absolute atomic E-state index is 13.1. The number of benzene rings is 1. The van der Waals surface area contributed by atoms with E-state index in [1.807, 2.05) is 6.92 Å². The van der Waals surface area contributed by atoms with E-state index in [0.29, 0.717) is 38.1 Å². The van der Waals surface area contributed by atoms with Gasteiger partial charge < -0.3 is 15.4 Å². The van der Waals surface area contributed by atoms with Crippen LogP contribution in [0.15, 0.2) is 18.2 Å². The van der Waals surface area contributed by atoms with Gasteiger partial charge in [0.05, 0.1) is 30.4 Å². The third kappa shape index (κ3) is 7.32. The summed E-state index contributed by atoms with van der Waals surface area (Å²) in [4.78, 5) is 14.3. The molecule has 0 radical (unpaired) electrons. The Morgan fingerprint density at radius 3 is 2.24 bits per heavy atom. The van der Waals surface area contributed by atoms with Crippen LogP contribution in [0, 0.1) is 0 Å². The molecule has 2 aliphatic rings. The zero-order valence-corrected chi connectivity index (χ0v) is 19.3. The predicted octanol–water partition coefficient (Wildman–Crippen LogP) is 4.52. The highest BCUT2D eigenvalue weighted by Crippen LogP contribution is 2.38. The molecule has 0 aliphatic carbocycles. The Morgan fingerprint density at radius 2 is 1.74 bits per heavy atom. The smallest absolute Gasteiger partial charge is 0.372 e. The van der Waals surface area contributed by atoms with E-state index in [-0.39, 0.29) is 30.2 Å². The van der Waals surface area contributed by atoms with Crippen molar-refractivity contribution in [2.45, 2.75) is 69.6 Å². The molecule has 1 aromatic carbocycles. The van der Waals surface area contributed by atoms with Crippen molar-refractivity contribution in [3.05, 3.63) is 34.9 Å². The Kier molecular flexibility index (Phi) is 8.19. The van der Waals surface area contributed by atoms with Crippen LogP contribution >= 0.6 is 0 Å². The zero-order valence-electron chi connectivity index (χ0n) is 19.3. The number of likely N-dealkylation sites (tertiary alicyclic amines) is 1. The number of nitrogens with one attached hydrogen (secondary N) is 2. The van der Waals surface area contributed by atoms with Crippen LogP contribution in [-0.4, -0.2) is 55.2 Å². The van der Waals surface area contributed by atoms with E-state index in [4.69, 9.17) is 4.74 Å². The van der Waals surface area contributed by atoms with Crippen molar-refractivity contribution in [2.24, 2.45) is 0 Å². The highest BCUT2D eigenvalue weighted by Gasteiger charge is 2.38. The summed E-state index contributed by atoms with van der Waals surface area (Å²) in [6, 6.07) is 1.46. The number of ether oxygens (including phenoxy) is 1. The van der Waals surface area contributed by atoms with E-state index in [1.54, 1.807) is 0 Å². The highest BCUT2D eigenvalue weighted by atomic mass is 19.4. The number of piperidine rings is 1. The zero-order chi connectivity index (χ0) is 25.1. The second kappa shape index (κ2) is 10.4. The van der Waals surface area contributed by atoms with Gasteiger partial charge >= 0.3 is 12.4 Å². The minimum absolute atomic E-state index is 0.0211. The number of carbonyl (C=O) groups is 1. The van der Waals surface area contributed by atoms with E-state index < -0.39 is 35.1 Å². The van der Waals surface area contributed by atoms with Gasteiger partial charge in [-0.1, -0.05) is 0 Å². The van der Waals surface area contributed by atoms with Gasteiger partial charge in [0, 0.05) is 18.1 Å². The number of hydrogen-bond donors (Lipinski definition) is 2. The summed E-state index contributed by atoms with van der Waals surface area (Å²) >= 11 is 0. The number of amides is 1. The van der Waals surface area contributed by atoms with Gasteiger partial charge in [0.15, 0.2) is 0 Å².